The number of aliphatic hydroxyl groups is 1. The van der Waals surface area contributed by atoms with E-state index in [1.807, 2.05) is 6.92 Å². The molecule has 0 spiro atoms. The Bertz CT molecular complexity index is 445. The Morgan fingerprint density at radius 1 is 1.26 bits per heavy atom. The molecule has 0 bridgehead atoms. The van der Waals surface area contributed by atoms with E-state index < -0.39 is 0 Å². The first-order valence-corrected chi connectivity index (χ1v) is 6.11. The second-order valence-electron chi connectivity index (χ2n) is 4.15. The minimum atomic E-state index is -0.388. The van der Waals surface area contributed by atoms with Gasteiger partial charge in [0.25, 0.3) is 0 Å². The van der Waals surface area contributed by atoms with E-state index in [1.165, 1.54) is 6.92 Å². The molecular formula is C13H19N3O3. The van der Waals surface area contributed by atoms with Crippen LogP contribution in [0.1, 0.15) is 20.3 Å². The number of nitrogens with one attached hydrogen (secondary N) is 3. The fourth-order valence-corrected chi connectivity index (χ4v) is 1.51. The number of carbonyl (C=O) groups excluding carboxylic acids is 2. The number of carbonyl (C=O) groups is 2. The third-order valence-corrected chi connectivity index (χ3v) is 2.49. The lowest BCUT2D eigenvalue weighted by molar-refractivity contribution is -0.114. The molecule has 1 rings (SSSR count). The molecule has 0 aliphatic heterocycles. The van der Waals surface area contributed by atoms with E-state index in [2.05, 4.69) is 16.0 Å². The second kappa shape index (κ2) is 7.38. The van der Waals surface area contributed by atoms with Crippen LogP contribution in [0.25, 0.3) is 0 Å². The summed E-state index contributed by atoms with van der Waals surface area (Å²) in [5, 5.41) is 16.9. The van der Waals surface area contributed by atoms with Crippen LogP contribution in [0.15, 0.2) is 24.3 Å². The fraction of sp³-hybridized carbons (Fsp3) is 0.385. The number of hydrogen-bond acceptors (Lipinski definition) is 3. The number of benzene rings is 1. The fourth-order valence-electron chi connectivity index (χ4n) is 1.51. The van der Waals surface area contributed by atoms with Crippen molar-refractivity contribution in [2.24, 2.45) is 0 Å². The SMILES string of the molecule is CCC(CO)NC(=O)Nc1cccc(NC(C)=O)c1. The summed E-state index contributed by atoms with van der Waals surface area (Å²) in [7, 11) is 0. The lowest BCUT2D eigenvalue weighted by atomic mass is 10.2. The van der Waals surface area contributed by atoms with Gasteiger partial charge in [0.2, 0.25) is 5.91 Å². The van der Waals surface area contributed by atoms with Crippen molar-refractivity contribution in [1.82, 2.24) is 5.32 Å². The Hall–Kier alpha value is -2.08. The Morgan fingerprint density at radius 2 is 1.89 bits per heavy atom. The Kier molecular flexibility index (Phi) is 5.81. The molecule has 0 heterocycles. The molecule has 104 valence electrons. The topological polar surface area (TPSA) is 90.5 Å². The average molecular weight is 265 g/mol. The molecule has 0 saturated carbocycles. The lowest BCUT2D eigenvalue weighted by Crippen LogP contribution is -2.39. The maximum Gasteiger partial charge on any atom is 0.319 e. The van der Waals surface area contributed by atoms with E-state index in [0.717, 1.165) is 0 Å². The smallest absolute Gasteiger partial charge is 0.319 e. The molecule has 0 aliphatic rings. The monoisotopic (exact) mass is 265 g/mol. The van der Waals surface area contributed by atoms with E-state index in [1.54, 1.807) is 24.3 Å². The van der Waals surface area contributed by atoms with Gasteiger partial charge in [0.1, 0.15) is 0 Å². The number of urea groups is 1. The van der Waals surface area contributed by atoms with Gasteiger partial charge in [-0.3, -0.25) is 4.79 Å². The van der Waals surface area contributed by atoms with Gasteiger partial charge in [-0.2, -0.15) is 0 Å². The largest absolute Gasteiger partial charge is 0.394 e. The molecule has 6 heteroatoms. The highest BCUT2D eigenvalue weighted by Gasteiger charge is 2.09. The Morgan fingerprint density at radius 3 is 2.42 bits per heavy atom. The summed E-state index contributed by atoms with van der Waals surface area (Å²) >= 11 is 0. The van der Waals surface area contributed by atoms with Gasteiger partial charge in [0.05, 0.1) is 12.6 Å². The number of amides is 3. The third kappa shape index (κ3) is 5.39. The van der Waals surface area contributed by atoms with Crippen molar-refractivity contribution >= 4 is 23.3 Å². The minimum Gasteiger partial charge on any atom is -0.394 e. The van der Waals surface area contributed by atoms with Gasteiger partial charge in [-0.25, -0.2) is 4.79 Å². The molecule has 6 nitrogen and oxygen atoms in total. The third-order valence-electron chi connectivity index (χ3n) is 2.49. The highest BCUT2D eigenvalue weighted by Crippen LogP contribution is 2.14. The van der Waals surface area contributed by atoms with Gasteiger partial charge in [0.15, 0.2) is 0 Å². The van der Waals surface area contributed by atoms with Gasteiger partial charge < -0.3 is 21.1 Å². The molecular weight excluding hydrogens is 246 g/mol. The predicted molar refractivity (Wildman–Crippen MR) is 74.1 cm³/mol. The van der Waals surface area contributed by atoms with E-state index in [9.17, 15) is 9.59 Å². The first kappa shape index (κ1) is 15.0. The van der Waals surface area contributed by atoms with Gasteiger partial charge in [-0.05, 0) is 24.6 Å². The van der Waals surface area contributed by atoms with Crippen LogP contribution in [-0.4, -0.2) is 29.7 Å². The van der Waals surface area contributed by atoms with Crippen molar-refractivity contribution in [3.05, 3.63) is 24.3 Å². The van der Waals surface area contributed by atoms with Crippen molar-refractivity contribution in [3.8, 4) is 0 Å². The number of hydrogen-bond donors (Lipinski definition) is 4. The second-order valence-corrected chi connectivity index (χ2v) is 4.15. The molecule has 4 N–H and O–H groups in total. The molecule has 3 amide bonds. The highest BCUT2D eigenvalue weighted by molar-refractivity contribution is 5.92. The van der Waals surface area contributed by atoms with E-state index in [0.29, 0.717) is 17.8 Å². The van der Waals surface area contributed by atoms with Gasteiger partial charge in [-0.1, -0.05) is 13.0 Å². The van der Waals surface area contributed by atoms with Crippen molar-refractivity contribution in [1.29, 1.82) is 0 Å². The zero-order chi connectivity index (χ0) is 14.3. The van der Waals surface area contributed by atoms with Crippen molar-refractivity contribution in [3.63, 3.8) is 0 Å². The number of rotatable bonds is 5. The molecule has 0 saturated heterocycles. The van der Waals surface area contributed by atoms with Crippen LogP contribution < -0.4 is 16.0 Å². The van der Waals surface area contributed by atoms with Crippen LogP contribution in [0, 0.1) is 0 Å². The molecule has 0 aliphatic carbocycles. The standard InChI is InChI=1S/C13H19N3O3/c1-3-10(8-17)15-13(19)16-12-6-4-5-11(7-12)14-9(2)18/h4-7,10,17H,3,8H2,1-2H3,(H,14,18)(H2,15,16,19). The van der Waals surface area contributed by atoms with Gasteiger partial charge in [0, 0.05) is 18.3 Å². The zero-order valence-corrected chi connectivity index (χ0v) is 11.1. The molecule has 0 fully saturated rings. The summed E-state index contributed by atoms with van der Waals surface area (Å²) in [6.45, 7) is 3.19. The summed E-state index contributed by atoms with van der Waals surface area (Å²) < 4.78 is 0. The van der Waals surface area contributed by atoms with Crippen LogP contribution >= 0.6 is 0 Å². The van der Waals surface area contributed by atoms with Crippen LogP contribution in [0.5, 0.6) is 0 Å². The van der Waals surface area contributed by atoms with Crippen LogP contribution in [0.3, 0.4) is 0 Å². The lowest BCUT2D eigenvalue weighted by Gasteiger charge is -2.15. The zero-order valence-electron chi connectivity index (χ0n) is 11.1. The minimum absolute atomic E-state index is 0.101. The molecule has 19 heavy (non-hydrogen) atoms. The predicted octanol–water partition coefficient (Wildman–Crippen LogP) is 1.54. The average Bonchev–Trinajstić information content (AvgIpc) is 2.35. The molecule has 1 aromatic carbocycles. The molecule has 0 radical (unpaired) electrons. The van der Waals surface area contributed by atoms with Crippen molar-refractivity contribution in [2.75, 3.05) is 17.2 Å². The number of anilines is 2. The maximum absolute atomic E-state index is 11.7. The highest BCUT2D eigenvalue weighted by atomic mass is 16.3. The Balaban J connectivity index is 2.61. The summed E-state index contributed by atoms with van der Waals surface area (Å²) in [6.07, 6.45) is 0.649. The normalized spacial score (nSPS) is 11.5. The number of aliphatic hydroxyl groups excluding tert-OH is 1. The van der Waals surface area contributed by atoms with Gasteiger partial charge >= 0.3 is 6.03 Å². The van der Waals surface area contributed by atoms with Crippen molar-refractivity contribution in [2.45, 2.75) is 26.3 Å². The van der Waals surface area contributed by atoms with E-state index in [4.69, 9.17) is 5.11 Å². The molecule has 1 aromatic rings. The van der Waals surface area contributed by atoms with E-state index >= 15 is 0 Å². The molecule has 0 aromatic heterocycles. The first-order valence-electron chi connectivity index (χ1n) is 6.11. The molecule has 1 unspecified atom stereocenters. The summed E-state index contributed by atoms with van der Waals surface area (Å²) in [5.41, 5.74) is 1.18. The van der Waals surface area contributed by atoms with Crippen LogP contribution in [0.2, 0.25) is 0 Å². The molecule has 1 atom stereocenters. The van der Waals surface area contributed by atoms with Crippen LogP contribution in [-0.2, 0) is 4.79 Å². The van der Waals surface area contributed by atoms with E-state index in [-0.39, 0.29) is 24.6 Å². The summed E-state index contributed by atoms with van der Waals surface area (Å²) in [4.78, 5) is 22.6. The quantitative estimate of drug-likeness (QED) is 0.651. The maximum atomic E-state index is 11.7. The Labute approximate surface area is 112 Å². The van der Waals surface area contributed by atoms with Crippen LogP contribution in [0.4, 0.5) is 16.2 Å². The van der Waals surface area contributed by atoms with Gasteiger partial charge in [-0.15, -0.1) is 0 Å². The first-order chi connectivity index (χ1) is 9.05. The van der Waals surface area contributed by atoms with Crippen molar-refractivity contribution < 1.29 is 14.7 Å². The summed E-state index contributed by atoms with van der Waals surface area (Å²) in [6, 6.07) is 6.17. The summed E-state index contributed by atoms with van der Waals surface area (Å²) in [5.74, 6) is -0.173.